The maximum Gasteiger partial charge on any atom is 0.310 e. The third-order valence-corrected chi connectivity index (χ3v) is 4.07. The van der Waals surface area contributed by atoms with Gasteiger partial charge in [0.1, 0.15) is 0 Å². The first-order chi connectivity index (χ1) is 9.47. The summed E-state index contributed by atoms with van der Waals surface area (Å²) in [6.45, 7) is 2.48. The van der Waals surface area contributed by atoms with E-state index < -0.39 is 11.9 Å². The Morgan fingerprint density at radius 2 is 2.35 bits per heavy atom. The second-order valence-electron chi connectivity index (χ2n) is 4.81. The molecule has 0 radical (unpaired) electrons. The standard InChI is InChI=1S/C12H17N3O4S/c1-7-6-20-12(13-7)14-10(16)3-15(2)9-5-19-4-8(9)11(17)18/h6,8-9H,3-5H2,1-2H3,(H,17,18)(H,13,14,16). The van der Waals surface area contributed by atoms with Crippen LogP contribution in [0.2, 0.25) is 0 Å². The highest BCUT2D eigenvalue weighted by Gasteiger charge is 2.37. The van der Waals surface area contributed by atoms with E-state index in [0.29, 0.717) is 11.7 Å². The Balaban J connectivity index is 1.88. The smallest absolute Gasteiger partial charge is 0.310 e. The fourth-order valence-electron chi connectivity index (χ4n) is 2.13. The Labute approximate surface area is 120 Å². The van der Waals surface area contributed by atoms with Gasteiger partial charge in [0, 0.05) is 11.4 Å². The van der Waals surface area contributed by atoms with Crippen molar-refractivity contribution in [1.82, 2.24) is 9.88 Å². The van der Waals surface area contributed by atoms with Gasteiger partial charge in [0.15, 0.2) is 5.13 Å². The summed E-state index contributed by atoms with van der Waals surface area (Å²) in [4.78, 5) is 28.8. The predicted octanol–water partition coefficient (Wildman–Crippen LogP) is 0.421. The Morgan fingerprint density at radius 1 is 1.60 bits per heavy atom. The van der Waals surface area contributed by atoms with Crippen molar-refractivity contribution >= 4 is 28.3 Å². The Hall–Kier alpha value is -1.51. The van der Waals surface area contributed by atoms with Crippen molar-refractivity contribution in [1.29, 1.82) is 0 Å². The van der Waals surface area contributed by atoms with E-state index >= 15 is 0 Å². The van der Waals surface area contributed by atoms with Crippen LogP contribution in [-0.4, -0.2) is 59.7 Å². The minimum absolute atomic E-state index is 0.108. The molecule has 0 spiro atoms. The van der Waals surface area contributed by atoms with Crippen molar-refractivity contribution in [2.75, 3.05) is 32.1 Å². The van der Waals surface area contributed by atoms with Gasteiger partial charge in [-0.1, -0.05) is 0 Å². The van der Waals surface area contributed by atoms with E-state index in [0.717, 1.165) is 5.69 Å². The van der Waals surface area contributed by atoms with Gasteiger partial charge in [0.05, 0.1) is 31.4 Å². The molecular formula is C12H17N3O4S. The van der Waals surface area contributed by atoms with Crippen LogP contribution in [0.15, 0.2) is 5.38 Å². The summed E-state index contributed by atoms with van der Waals surface area (Å²) in [5, 5.41) is 14.2. The molecule has 1 fully saturated rings. The van der Waals surface area contributed by atoms with Crippen LogP contribution in [0.4, 0.5) is 5.13 Å². The van der Waals surface area contributed by atoms with Crippen LogP contribution < -0.4 is 5.32 Å². The van der Waals surface area contributed by atoms with Gasteiger partial charge in [0.25, 0.3) is 0 Å². The number of carboxylic acid groups (broad SMARTS) is 1. The third-order valence-electron chi connectivity index (χ3n) is 3.19. The zero-order valence-electron chi connectivity index (χ0n) is 11.3. The summed E-state index contributed by atoms with van der Waals surface area (Å²) >= 11 is 1.36. The average Bonchev–Trinajstić information content (AvgIpc) is 2.97. The number of likely N-dealkylation sites (N-methyl/N-ethyl adjacent to an activating group) is 1. The Kier molecular flexibility index (Phi) is 4.69. The molecule has 110 valence electrons. The van der Waals surface area contributed by atoms with E-state index in [-0.39, 0.29) is 25.1 Å². The molecule has 20 heavy (non-hydrogen) atoms. The maximum atomic E-state index is 11.9. The molecule has 0 aliphatic carbocycles. The first-order valence-electron chi connectivity index (χ1n) is 6.20. The number of amides is 1. The molecule has 1 amide bonds. The number of carbonyl (C=O) groups is 2. The number of carboxylic acids is 1. The monoisotopic (exact) mass is 299 g/mol. The van der Waals surface area contributed by atoms with Crippen LogP contribution in [0.3, 0.4) is 0 Å². The van der Waals surface area contributed by atoms with Crippen molar-refractivity contribution in [2.24, 2.45) is 5.92 Å². The molecule has 1 saturated heterocycles. The number of anilines is 1. The van der Waals surface area contributed by atoms with Gasteiger partial charge < -0.3 is 15.2 Å². The number of carbonyl (C=O) groups excluding carboxylic acids is 1. The van der Waals surface area contributed by atoms with E-state index in [2.05, 4.69) is 10.3 Å². The van der Waals surface area contributed by atoms with Gasteiger partial charge in [-0.25, -0.2) is 4.98 Å². The average molecular weight is 299 g/mol. The predicted molar refractivity (Wildman–Crippen MR) is 73.8 cm³/mol. The summed E-state index contributed by atoms with van der Waals surface area (Å²) in [6.07, 6.45) is 0. The van der Waals surface area contributed by atoms with Crippen molar-refractivity contribution in [3.05, 3.63) is 11.1 Å². The molecule has 1 aliphatic heterocycles. The first kappa shape index (κ1) is 14.9. The minimum atomic E-state index is -0.893. The molecule has 0 aromatic carbocycles. The molecular weight excluding hydrogens is 282 g/mol. The van der Waals surface area contributed by atoms with Crippen molar-refractivity contribution in [3.8, 4) is 0 Å². The van der Waals surface area contributed by atoms with Gasteiger partial charge >= 0.3 is 5.97 Å². The second kappa shape index (κ2) is 6.29. The lowest BCUT2D eigenvalue weighted by Gasteiger charge is -2.25. The molecule has 2 unspecified atom stereocenters. The lowest BCUT2D eigenvalue weighted by atomic mass is 10.0. The maximum absolute atomic E-state index is 11.9. The van der Waals surface area contributed by atoms with Crippen molar-refractivity contribution in [2.45, 2.75) is 13.0 Å². The number of aromatic nitrogens is 1. The zero-order valence-corrected chi connectivity index (χ0v) is 12.1. The van der Waals surface area contributed by atoms with E-state index in [1.807, 2.05) is 12.3 Å². The second-order valence-corrected chi connectivity index (χ2v) is 5.66. The van der Waals surface area contributed by atoms with Crippen LogP contribution in [-0.2, 0) is 14.3 Å². The molecule has 8 heteroatoms. The highest BCUT2D eigenvalue weighted by molar-refractivity contribution is 7.13. The molecule has 0 saturated carbocycles. The first-order valence-corrected chi connectivity index (χ1v) is 7.08. The number of ether oxygens (including phenoxy) is 1. The van der Waals surface area contributed by atoms with Gasteiger partial charge in [-0.05, 0) is 14.0 Å². The number of hydrogen-bond acceptors (Lipinski definition) is 6. The molecule has 2 rings (SSSR count). The van der Waals surface area contributed by atoms with Crippen LogP contribution in [0.5, 0.6) is 0 Å². The number of nitrogens with zero attached hydrogens (tertiary/aromatic N) is 2. The quantitative estimate of drug-likeness (QED) is 0.819. The van der Waals surface area contributed by atoms with E-state index in [1.165, 1.54) is 11.3 Å². The number of thiazole rings is 1. The molecule has 1 aromatic heterocycles. The lowest BCUT2D eigenvalue weighted by molar-refractivity contribution is -0.143. The normalized spacial score (nSPS) is 22.1. The molecule has 2 atom stereocenters. The van der Waals surface area contributed by atoms with Gasteiger partial charge in [-0.2, -0.15) is 0 Å². The molecule has 0 bridgehead atoms. The highest BCUT2D eigenvalue weighted by atomic mass is 32.1. The summed E-state index contributed by atoms with van der Waals surface area (Å²) in [5.41, 5.74) is 0.855. The number of hydrogen-bond donors (Lipinski definition) is 2. The summed E-state index contributed by atoms with van der Waals surface area (Å²) in [7, 11) is 1.72. The minimum Gasteiger partial charge on any atom is -0.481 e. The fourth-order valence-corrected chi connectivity index (χ4v) is 2.83. The van der Waals surface area contributed by atoms with Gasteiger partial charge in [-0.15, -0.1) is 11.3 Å². The van der Waals surface area contributed by atoms with Crippen molar-refractivity contribution < 1.29 is 19.4 Å². The van der Waals surface area contributed by atoms with Crippen LogP contribution in [0.25, 0.3) is 0 Å². The molecule has 2 N–H and O–H groups in total. The lowest BCUT2D eigenvalue weighted by Crippen LogP contribution is -2.44. The molecule has 7 nitrogen and oxygen atoms in total. The fraction of sp³-hybridized carbons (Fsp3) is 0.583. The molecule has 2 heterocycles. The highest BCUT2D eigenvalue weighted by Crippen LogP contribution is 2.19. The largest absolute Gasteiger partial charge is 0.481 e. The van der Waals surface area contributed by atoms with Crippen LogP contribution in [0, 0.1) is 12.8 Å². The molecule has 1 aliphatic rings. The van der Waals surface area contributed by atoms with Crippen LogP contribution >= 0.6 is 11.3 Å². The zero-order chi connectivity index (χ0) is 14.7. The summed E-state index contributed by atoms with van der Waals surface area (Å²) in [5.74, 6) is -1.69. The Morgan fingerprint density at radius 3 is 2.95 bits per heavy atom. The van der Waals surface area contributed by atoms with Gasteiger partial charge in [-0.3, -0.25) is 14.5 Å². The number of rotatable bonds is 5. The van der Waals surface area contributed by atoms with Crippen LogP contribution in [0.1, 0.15) is 5.69 Å². The number of aliphatic carboxylic acids is 1. The SMILES string of the molecule is Cc1csc(NC(=O)CN(C)C2COCC2C(=O)O)n1. The topological polar surface area (TPSA) is 91.8 Å². The summed E-state index contributed by atoms with van der Waals surface area (Å²) in [6, 6.07) is -0.281. The van der Waals surface area contributed by atoms with E-state index in [4.69, 9.17) is 9.84 Å². The van der Waals surface area contributed by atoms with E-state index in [1.54, 1.807) is 11.9 Å². The number of nitrogens with one attached hydrogen (secondary N) is 1. The third kappa shape index (κ3) is 3.53. The number of aryl methyl sites for hydroxylation is 1. The van der Waals surface area contributed by atoms with Crippen molar-refractivity contribution in [3.63, 3.8) is 0 Å². The molecule has 1 aromatic rings. The summed E-state index contributed by atoms with van der Waals surface area (Å²) < 4.78 is 5.19. The van der Waals surface area contributed by atoms with Gasteiger partial charge in [0.2, 0.25) is 5.91 Å². The van der Waals surface area contributed by atoms with E-state index in [9.17, 15) is 9.59 Å². The Bertz CT molecular complexity index is 505.